The fourth-order valence-electron chi connectivity index (χ4n) is 2.92. The van der Waals surface area contributed by atoms with E-state index in [9.17, 15) is 4.79 Å². The Hall–Kier alpha value is -2.03. The molecule has 0 aliphatic heterocycles. The van der Waals surface area contributed by atoms with Crippen LogP contribution in [0.1, 0.15) is 37.2 Å². The monoisotopic (exact) mass is 463 g/mol. The van der Waals surface area contributed by atoms with Crippen molar-refractivity contribution in [3.63, 3.8) is 0 Å². The number of rotatable bonds is 6. The van der Waals surface area contributed by atoms with Crippen molar-refractivity contribution in [2.45, 2.75) is 39.7 Å². The van der Waals surface area contributed by atoms with Crippen molar-refractivity contribution in [3.8, 4) is 11.4 Å². The summed E-state index contributed by atoms with van der Waals surface area (Å²) in [7, 11) is 1.85. The van der Waals surface area contributed by atoms with Crippen LogP contribution >= 0.6 is 22.6 Å². The number of halogens is 1. The number of hydrogen-bond donors (Lipinski definition) is 0. The lowest BCUT2D eigenvalue weighted by Crippen LogP contribution is -2.21. The summed E-state index contributed by atoms with van der Waals surface area (Å²) in [5.41, 5.74) is 4.57. The van der Waals surface area contributed by atoms with E-state index in [-0.39, 0.29) is 5.56 Å². The molecule has 7 heteroatoms. The van der Waals surface area contributed by atoms with Crippen LogP contribution in [0, 0.1) is 3.57 Å². The van der Waals surface area contributed by atoms with Crippen LogP contribution in [0.15, 0.2) is 35.3 Å². The van der Waals surface area contributed by atoms with Crippen LogP contribution in [0.5, 0.6) is 0 Å². The van der Waals surface area contributed by atoms with E-state index in [0.29, 0.717) is 6.54 Å². The second-order valence-corrected chi connectivity index (χ2v) is 7.40. The molecule has 0 fully saturated rings. The fraction of sp³-hybridized carbons (Fsp3) is 0.368. The van der Waals surface area contributed by atoms with E-state index in [4.69, 9.17) is 4.98 Å². The van der Waals surface area contributed by atoms with E-state index in [1.165, 1.54) is 0 Å². The standard InChI is InChI=1S/C19H22IN5O/c1-4-6-13-7-10-18(26)25(11-13)12-17-19(22-23-24(17)3)16-9-8-14(20)15(5-2)21-16/h7-11H,4-6,12H2,1-3H3. The molecule has 136 valence electrons. The van der Waals surface area contributed by atoms with Gasteiger partial charge in [-0.25, -0.2) is 9.67 Å². The van der Waals surface area contributed by atoms with E-state index in [1.807, 2.05) is 31.4 Å². The van der Waals surface area contributed by atoms with Crippen LogP contribution < -0.4 is 5.56 Å². The molecule has 3 heterocycles. The third kappa shape index (κ3) is 3.87. The van der Waals surface area contributed by atoms with Gasteiger partial charge in [-0.1, -0.05) is 31.5 Å². The summed E-state index contributed by atoms with van der Waals surface area (Å²) in [5, 5.41) is 8.47. The number of aromatic nitrogens is 5. The molecule has 0 radical (unpaired) electrons. The van der Waals surface area contributed by atoms with Crippen LogP contribution in [-0.2, 0) is 26.4 Å². The molecule has 0 aliphatic rings. The second kappa shape index (κ2) is 8.11. The van der Waals surface area contributed by atoms with Gasteiger partial charge in [0.05, 0.1) is 23.6 Å². The Morgan fingerprint density at radius 3 is 2.69 bits per heavy atom. The molecule has 3 aromatic heterocycles. The number of pyridine rings is 2. The molecule has 3 aromatic rings. The SMILES string of the molecule is CCCc1ccc(=O)n(Cc2c(-c3ccc(I)c(CC)n3)nnn2C)c1. The summed E-state index contributed by atoms with van der Waals surface area (Å²) < 4.78 is 4.59. The lowest BCUT2D eigenvalue weighted by molar-refractivity contribution is 0.636. The highest BCUT2D eigenvalue weighted by Gasteiger charge is 2.16. The minimum absolute atomic E-state index is 0.0261. The van der Waals surface area contributed by atoms with Gasteiger partial charge >= 0.3 is 0 Å². The average molecular weight is 463 g/mol. The first-order chi connectivity index (χ1) is 12.5. The molecule has 26 heavy (non-hydrogen) atoms. The average Bonchev–Trinajstić information content (AvgIpc) is 2.99. The molecule has 0 spiro atoms. The van der Waals surface area contributed by atoms with Gasteiger partial charge in [0.1, 0.15) is 5.69 Å². The van der Waals surface area contributed by atoms with Crippen LogP contribution in [0.3, 0.4) is 0 Å². The zero-order valence-electron chi connectivity index (χ0n) is 15.2. The lowest BCUT2D eigenvalue weighted by Gasteiger charge is -2.10. The maximum Gasteiger partial charge on any atom is 0.250 e. The van der Waals surface area contributed by atoms with Gasteiger partial charge in [-0.15, -0.1) is 5.10 Å². The van der Waals surface area contributed by atoms with Gasteiger partial charge in [-0.2, -0.15) is 0 Å². The van der Waals surface area contributed by atoms with Crippen molar-refractivity contribution in [3.05, 3.63) is 61.3 Å². The molecule has 0 amide bonds. The van der Waals surface area contributed by atoms with E-state index in [1.54, 1.807) is 15.3 Å². The topological polar surface area (TPSA) is 65.6 Å². The summed E-state index contributed by atoms with van der Waals surface area (Å²) in [6.07, 6.45) is 4.79. The smallest absolute Gasteiger partial charge is 0.250 e. The lowest BCUT2D eigenvalue weighted by atomic mass is 10.1. The highest BCUT2D eigenvalue weighted by molar-refractivity contribution is 14.1. The van der Waals surface area contributed by atoms with Gasteiger partial charge in [0.25, 0.3) is 5.56 Å². The summed E-state index contributed by atoms with van der Waals surface area (Å²) in [4.78, 5) is 17.0. The molecular weight excluding hydrogens is 441 g/mol. The van der Waals surface area contributed by atoms with Crippen LogP contribution in [-0.4, -0.2) is 24.5 Å². The molecule has 0 saturated heterocycles. The summed E-state index contributed by atoms with van der Waals surface area (Å²) in [6.45, 7) is 4.64. The number of aryl methyl sites for hydroxylation is 3. The summed E-state index contributed by atoms with van der Waals surface area (Å²) in [6, 6.07) is 7.55. The van der Waals surface area contributed by atoms with Gasteiger partial charge < -0.3 is 4.57 Å². The molecule has 0 unspecified atom stereocenters. The molecule has 0 saturated carbocycles. The Kier molecular flexibility index (Phi) is 5.85. The van der Waals surface area contributed by atoms with Gasteiger partial charge in [0.15, 0.2) is 0 Å². The largest absolute Gasteiger partial charge is 0.309 e. The third-order valence-electron chi connectivity index (χ3n) is 4.34. The number of hydrogen-bond acceptors (Lipinski definition) is 4. The molecule has 0 bridgehead atoms. The summed E-state index contributed by atoms with van der Waals surface area (Å²) in [5.74, 6) is 0. The van der Waals surface area contributed by atoms with Crippen LogP contribution in [0.25, 0.3) is 11.4 Å². The highest BCUT2D eigenvalue weighted by Crippen LogP contribution is 2.22. The Morgan fingerprint density at radius 2 is 1.96 bits per heavy atom. The molecule has 0 aromatic carbocycles. The Balaban J connectivity index is 2.02. The van der Waals surface area contributed by atoms with E-state index >= 15 is 0 Å². The van der Waals surface area contributed by atoms with Gasteiger partial charge in [-0.3, -0.25) is 4.79 Å². The molecule has 6 nitrogen and oxygen atoms in total. The van der Waals surface area contributed by atoms with E-state index in [0.717, 1.165) is 51.2 Å². The van der Waals surface area contributed by atoms with E-state index in [2.05, 4.69) is 46.8 Å². The molecule has 3 rings (SSSR count). The van der Waals surface area contributed by atoms with Crippen molar-refractivity contribution in [1.29, 1.82) is 0 Å². The maximum atomic E-state index is 12.3. The Bertz CT molecular complexity index is 976. The first kappa shape index (κ1) is 18.8. The van der Waals surface area contributed by atoms with Gasteiger partial charge in [0.2, 0.25) is 0 Å². The van der Waals surface area contributed by atoms with Crippen molar-refractivity contribution in [1.82, 2.24) is 24.5 Å². The maximum absolute atomic E-state index is 12.3. The zero-order chi connectivity index (χ0) is 18.7. The molecule has 0 atom stereocenters. The van der Waals surface area contributed by atoms with Crippen molar-refractivity contribution < 1.29 is 0 Å². The first-order valence-corrected chi connectivity index (χ1v) is 9.85. The third-order valence-corrected chi connectivity index (χ3v) is 5.32. The summed E-state index contributed by atoms with van der Waals surface area (Å²) >= 11 is 2.30. The Labute approximate surface area is 166 Å². The minimum atomic E-state index is -0.0261. The van der Waals surface area contributed by atoms with E-state index < -0.39 is 0 Å². The molecule has 0 N–H and O–H groups in total. The Morgan fingerprint density at radius 1 is 1.15 bits per heavy atom. The van der Waals surface area contributed by atoms with Gasteiger partial charge in [-0.05, 0) is 53.1 Å². The first-order valence-electron chi connectivity index (χ1n) is 8.77. The normalized spacial score (nSPS) is 11.1. The number of nitrogens with zero attached hydrogens (tertiary/aromatic N) is 5. The predicted octanol–water partition coefficient (Wildman–Crippen LogP) is 3.21. The zero-order valence-corrected chi connectivity index (χ0v) is 17.4. The van der Waals surface area contributed by atoms with Gasteiger partial charge in [0, 0.05) is 22.9 Å². The highest BCUT2D eigenvalue weighted by atomic mass is 127. The second-order valence-electron chi connectivity index (χ2n) is 6.24. The van der Waals surface area contributed by atoms with Crippen LogP contribution in [0.2, 0.25) is 0 Å². The van der Waals surface area contributed by atoms with Crippen molar-refractivity contribution in [2.75, 3.05) is 0 Å². The fourth-order valence-corrected chi connectivity index (χ4v) is 3.60. The minimum Gasteiger partial charge on any atom is -0.309 e. The van der Waals surface area contributed by atoms with Crippen LogP contribution in [0.4, 0.5) is 0 Å². The molecular formula is C19H22IN5O. The van der Waals surface area contributed by atoms with Crippen molar-refractivity contribution >= 4 is 22.6 Å². The predicted molar refractivity (Wildman–Crippen MR) is 110 cm³/mol. The van der Waals surface area contributed by atoms with Crippen molar-refractivity contribution in [2.24, 2.45) is 7.05 Å². The quantitative estimate of drug-likeness (QED) is 0.527. The molecule has 0 aliphatic carbocycles.